The molecule has 18 heavy (non-hydrogen) atoms. The summed E-state index contributed by atoms with van der Waals surface area (Å²) >= 11 is 0. The van der Waals surface area contributed by atoms with Crippen molar-refractivity contribution in [1.82, 2.24) is 10.2 Å². The summed E-state index contributed by atoms with van der Waals surface area (Å²) in [6.07, 6.45) is 4.18. The second kappa shape index (κ2) is 5.65. The average Bonchev–Trinajstić information content (AvgIpc) is 2.40. The third kappa shape index (κ3) is 2.98. The minimum Gasteiger partial charge on any atom is -0.355 e. The zero-order chi connectivity index (χ0) is 13.0. The zero-order valence-corrected chi connectivity index (χ0v) is 11.5. The van der Waals surface area contributed by atoms with Crippen molar-refractivity contribution in [2.75, 3.05) is 23.7 Å². The van der Waals surface area contributed by atoms with Gasteiger partial charge >= 0.3 is 0 Å². The highest BCUT2D eigenvalue weighted by Crippen LogP contribution is 2.18. The number of nitrogens with zero attached hydrogens (tertiary/aromatic N) is 3. The molecule has 100 valence electrons. The van der Waals surface area contributed by atoms with Gasteiger partial charge in [0.2, 0.25) is 0 Å². The molecule has 0 aliphatic carbocycles. The highest BCUT2D eigenvalue weighted by molar-refractivity contribution is 7.91. The first-order valence-electron chi connectivity index (χ1n) is 6.45. The maximum Gasteiger partial charge on any atom is 0.197 e. The van der Waals surface area contributed by atoms with E-state index in [1.807, 2.05) is 6.92 Å². The molecule has 1 aliphatic rings. The Bertz CT molecular complexity index is 479. The fourth-order valence-electron chi connectivity index (χ4n) is 2.14. The number of sulfone groups is 1. The lowest BCUT2D eigenvalue weighted by Crippen LogP contribution is -2.30. The third-order valence-corrected chi connectivity index (χ3v) is 4.90. The van der Waals surface area contributed by atoms with Crippen LogP contribution in [-0.2, 0) is 9.84 Å². The van der Waals surface area contributed by atoms with Crippen LogP contribution in [0.4, 0.5) is 5.82 Å². The minimum absolute atomic E-state index is 0.0881. The molecule has 0 spiro atoms. The highest BCUT2D eigenvalue weighted by atomic mass is 32.2. The van der Waals surface area contributed by atoms with Gasteiger partial charge in [-0.05, 0) is 37.8 Å². The number of hydrogen-bond acceptors (Lipinski definition) is 5. The number of aromatic nitrogens is 2. The van der Waals surface area contributed by atoms with Gasteiger partial charge in [-0.15, -0.1) is 10.2 Å². The van der Waals surface area contributed by atoms with Crippen LogP contribution in [0.2, 0.25) is 0 Å². The minimum atomic E-state index is -3.25. The molecule has 1 fully saturated rings. The first-order chi connectivity index (χ1) is 8.63. The van der Waals surface area contributed by atoms with Crippen LogP contribution >= 0.6 is 0 Å². The van der Waals surface area contributed by atoms with E-state index in [-0.39, 0.29) is 10.8 Å². The van der Waals surface area contributed by atoms with Gasteiger partial charge in [0.1, 0.15) is 0 Å². The largest absolute Gasteiger partial charge is 0.355 e. The Morgan fingerprint density at radius 1 is 1.17 bits per heavy atom. The smallest absolute Gasteiger partial charge is 0.197 e. The maximum atomic E-state index is 11.8. The van der Waals surface area contributed by atoms with E-state index in [1.165, 1.54) is 6.42 Å². The molecule has 0 aromatic carbocycles. The van der Waals surface area contributed by atoms with Crippen LogP contribution in [0.5, 0.6) is 0 Å². The molecule has 1 aromatic rings. The summed E-state index contributed by atoms with van der Waals surface area (Å²) in [7, 11) is -3.25. The Morgan fingerprint density at radius 3 is 2.44 bits per heavy atom. The summed E-state index contributed by atoms with van der Waals surface area (Å²) in [5, 5.41) is 8.00. The van der Waals surface area contributed by atoms with Crippen molar-refractivity contribution < 1.29 is 8.42 Å². The molecule has 0 bridgehead atoms. The van der Waals surface area contributed by atoms with Crippen molar-refractivity contribution in [2.24, 2.45) is 0 Å². The summed E-state index contributed by atoms with van der Waals surface area (Å²) in [4.78, 5) is 2.16. The highest BCUT2D eigenvalue weighted by Gasteiger charge is 2.17. The van der Waals surface area contributed by atoms with E-state index in [0.29, 0.717) is 6.42 Å². The predicted molar refractivity (Wildman–Crippen MR) is 70.4 cm³/mol. The van der Waals surface area contributed by atoms with Crippen LogP contribution in [0.1, 0.15) is 32.6 Å². The predicted octanol–water partition coefficient (Wildman–Crippen LogP) is 1.65. The van der Waals surface area contributed by atoms with Crippen molar-refractivity contribution in [2.45, 2.75) is 37.6 Å². The molecule has 1 saturated heterocycles. The van der Waals surface area contributed by atoms with Gasteiger partial charge in [0.15, 0.2) is 20.7 Å². The fraction of sp³-hybridized carbons (Fsp3) is 0.667. The van der Waals surface area contributed by atoms with Crippen LogP contribution in [0.15, 0.2) is 17.2 Å². The lowest BCUT2D eigenvalue weighted by atomic mass is 10.1. The Morgan fingerprint density at radius 2 is 1.89 bits per heavy atom. The van der Waals surface area contributed by atoms with Crippen LogP contribution in [0.25, 0.3) is 0 Å². The van der Waals surface area contributed by atoms with Crippen LogP contribution in [0, 0.1) is 0 Å². The first-order valence-corrected chi connectivity index (χ1v) is 8.10. The van der Waals surface area contributed by atoms with Crippen molar-refractivity contribution in [3.05, 3.63) is 12.1 Å². The Balaban J connectivity index is 2.14. The number of piperidine rings is 1. The summed E-state index contributed by atoms with van der Waals surface area (Å²) in [6, 6.07) is 3.34. The molecule has 0 N–H and O–H groups in total. The van der Waals surface area contributed by atoms with E-state index < -0.39 is 9.84 Å². The van der Waals surface area contributed by atoms with Gasteiger partial charge in [-0.1, -0.05) is 6.92 Å². The van der Waals surface area contributed by atoms with Crippen molar-refractivity contribution >= 4 is 15.7 Å². The van der Waals surface area contributed by atoms with Gasteiger partial charge in [0.25, 0.3) is 0 Å². The van der Waals surface area contributed by atoms with Crippen LogP contribution in [0.3, 0.4) is 0 Å². The molecule has 0 unspecified atom stereocenters. The molecule has 0 saturated carbocycles. The molecule has 0 amide bonds. The van der Waals surface area contributed by atoms with Crippen molar-refractivity contribution in [3.63, 3.8) is 0 Å². The van der Waals surface area contributed by atoms with Gasteiger partial charge < -0.3 is 4.90 Å². The van der Waals surface area contributed by atoms with Gasteiger partial charge in [0.05, 0.1) is 5.75 Å². The number of hydrogen-bond donors (Lipinski definition) is 0. The molecule has 1 aromatic heterocycles. The second-order valence-corrected chi connectivity index (χ2v) is 6.65. The normalized spacial score (nSPS) is 16.8. The van der Waals surface area contributed by atoms with Gasteiger partial charge in [-0.25, -0.2) is 8.42 Å². The summed E-state index contributed by atoms with van der Waals surface area (Å²) in [5.41, 5.74) is 0. The quantitative estimate of drug-likeness (QED) is 0.831. The van der Waals surface area contributed by atoms with Gasteiger partial charge in [-0.3, -0.25) is 0 Å². The van der Waals surface area contributed by atoms with Crippen molar-refractivity contribution in [1.29, 1.82) is 0 Å². The molecular weight excluding hydrogens is 250 g/mol. The SMILES string of the molecule is CCCS(=O)(=O)c1ccc(N2CCCCC2)nn1. The lowest BCUT2D eigenvalue weighted by molar-refractivity contribution is 0.567. The number of rotatable bonds is 4. The molecular formula is C12H19N3O2S. The van der Waals surface area contributed by atoms with Crippen LogP contribution < -0.4 is 4.90 Å². The molecule has 0 radical (unpaired) electrons. The molecule has 6 heteroatoms. The molecule has 1 aliphatic heterocycles. The van der Waals surface area contributed by atoms with E-state index in [1.54, 1.807) is 12.1 Å². The summed E-state index contributed by atoms with van der Waals surface area (Å²) in [5.74, 6) is 0.912. The van der Waals surface area contributed by atoms with E-state index in [0.717, 1.165) is 31.7 Å². The van der Waals surface area contributed by atoms with Gasteiger partial charge in [-0.2, -0.15) is 0 Å². The second-order valence-electron chi connectivity index (χ2n) is 4.60. The van der Waals surface area contributed by atoms with Crippen LogP contribution in [-0.4, -0.2) is 37.5 Å². The summed E-state index contributed by atoms with van der Waals surface area (Å²) < 4.78 is 23.6. The monoisotopic (exact) mass is 269 g/mol. The first kappa shape index (κ1) is 13.3. The number of anilines is 1. The molecule has 0 atom stereocenters. The standard InChI is InChI=1S/C12H19N3O2S/c1-2-10-18(16,17)12-7-6-11(13-14-12)15-8-4-3-5-9-15/h6-7H,2-5,8-10H2,1H3. The Labute approximate surface area is 108 Å². The lowest BCUT2D eigenvalue weighted by Gasteiger charge is -2.27. The molecule has 5 nitrogen and oxygen atoms in total. The third-order valence-electron chi connectivity index (χ3n) is 3.10. The fourth-order valence-corrected chi connectivity index (χ4v) is 3.33. The van der Waals surface area contributed by atoms with Gasteiger partial charge in [0, 0.05) is 13.1 Å². The Kier molecular flexibility index (Phi) is 4.16. The Hall–Kier alpha value is -1.17. The topological polar surface area (TPSA) is 63.2 Å². The molecule has 2 rings (SSSR count). The van der Waals surface area contributed by atoms with E-state index in [9.17, 15) is 8.42 Å². The van der Waals surface area contributed by atoms with E-state index in [4.69, 9.17) is 0 Å². The van der Waals surface area contributed by atoms with E-state index >= 15 is 0 Å². The summed E-state index contributed by atoms with van der Waals surface area (Å²) in [6.45, 7) is 3.80. The maximum absolute atomic E-state index is 11.8. The van der Waals surface area contributed by atoms with E-state index in [2.05, 4.69) is 15.1 Å². The van der Waals surface area contributed by atoms with Crippen molar-refractivity contribution in [3.8, 4) is 0 Å². The molecule has 2 heterocycles. The zero-order valence-electron chi connectivity index (χ0n) is 10.7. The average molecular weight is 269 g/mol.